The second-order valence-electron chi connectivity index (χ2n) is 4.03. The Balaban J connectivity index is 2.59. The summed E-state index contributed by atoms with van der Waals surface area (Å²) in [6, 6.07) is 7.95. The highest BCUT2D eigenvalue weighted by atomic mass is 19.4. The van der Waals surface area contributed by atoms with Gasteiger partial charge in [-0.15, -0.1) is 0 Å². The van der Waals surface area contributed by atoms with Crippen LogP contribution in [0.5, 0.6) is 0 Å². The quantitative estimate of drug-likeness (QED) is 0.780. The SMILES string of the molecule is N#CCc1ncc(-c2ccccc2F)cc1C(F)(F)F. The molecule has 0 radical (unpaired) electrons. The summed E-state index contributed by atoms with van der Waals surface area (Å²) in [7, 11) is 0. The first-order valence-electron chi connectivity index (χ1n) is 5.61. The van der Waals surface area contributed by atoms with E-state index in [9.17, 15) is 17.6 Å². The Morgan fingerprint density at radius 1 is 1.20 bits per heavy atom. The molecule has 0 saturated carbocycles. The highest BCUT2D eigenvalue weighted by Crippen LogP contribution is 2.34. The van der Waals surface area contributed by atoms with Crippen molar-refractivity contribution in [1.82, 2.24) is 4.98 Å². The van der Waals surface area contributed by atoms with E-state index in [-0.39, 0.29) is 16.8 Å². The van der Waals surface area contributed by atoms with Crippen molar-refractivity contribution in [2.45, 2.75) is 12.6 Å². The molecule has 0 unspecified atom stereocenters. The molecule has 0 bridgehead atoms. The van der Waals surface area contributed by atoms with E-state index in [0.29, 0.717) is 0 Å². The Kier molecular flexibility index (Phi) is 3.70. The predicted octanol–water partition coefficient (Wildman–Crippen LogP) is 3.97. The maximum atomic E-state index is 13.6. The van der Waals surface area contributed by atoms with E-state index in [2.05, 4.69) is 4.98 Å². The Bertz CT molecular complexity index is 672. The minimum atomic E-state index is -4.64. The summed E-state index contributed by atoms with van der Waals surface area (Å²) in [5.74, 6) is -0.629. The van der Waals surface area contributed by atoms with Crippen LogP contribution < -0.4 is 0 Å². The number of halogens is 4. The lowest BCUT2D eigenvalue weighted by molar-refractivity contribution is -0.138. The van der Waals surface area contributed by atoms with Gasteiger partial charge in [-0.2, -0.15) is 18.4 Å². The molecular formula is C14H8F4N2. The van der Waals surface area contributed by atoms with E-state index in [1.807, 2.05) is 0 Å². The van der Waals surface area contributed by atoms with Gasteiger partial charge in [-0.3, -0.25) is 4.98 Å². The van der Waals surface area contributed by atoms with Gasteiger partial charge in [0.05, 0.1) is 23.7 Å². The maximum absolute atomic E-state index is 13.6. The molecule has 6 heteroatoms. The first kappa shape index (κ1) is 14.0. The van der Waals surface area contributed by atoms with Gasteiger partial charge >= 0.3 is 6.18 Å². The third kappa shape index (κ3) is 2.77. The summed E-state index contributed by atoms with van der Waals surface area (Å²) < 4.78 is 52.4. The zero-order chi connectivity index (χ0) is 14.8. The largest absolute Gasteiger partial charge is 0.418 e. The molecule has 0 aliphatic heterocycles. The molecule has 1 aromatic carbocycles. The van der Waals surface area contributed by atoms with E-state index in [0.717, 1.165) is 18.3 Å². The van der Waals surface area contributed by atoms with Gasteiger partial charge in [0.25, 0.3) is 0 Å². The maximum Gasteiger partial charge on any atom is 0.418 e. The second kappa shape index (κ2) is 5.29. The molecule has 2 nitrogen and oxygen atoms in total. The van der Waals surface area contributed by atoms with Crippen LogP contribution in [0.25, 0.3) is 11.1 Å². The molecule has 2 rings (SSSR count). The topological polar surface area (TPSA) is 36.7 Å². The van der Waals surface area contributed by atoms with Crippen molar-refractivity contribution < 1.29 is 17.6 Å². The number of nitriles is 1. The standard InChI is InChI=1S/C14H8F4N2/c15-12-4-2-1-3-10(12)9-7-11(14(16,17)18)13(5-6-19)20-8-9/h1-4,7-8H,5H2. The van der Waals surface area contributed by atoms with Gasteiger partial charge < -0.3 is 0 Å². The van der Waals surface area contributed by atoms with E-state index in [1.165, 1.54) is 18.2 Å². The van der Waals surface area contributed by atoms with Crippen LogP contribution in [0.2, 0.25) is 0 Å². The Hall–Kier alpha value is -2.42. The molecule has 0 aliphatic carbocycles. The molecule has 1 aromatic heterocycles. The van der Waals surface area contributed by atoms with Gasteiger partial charge in [-0.25, -0.2) is 4.39 Å². The van der Waals surface area contributed by atoms with Crippen molar-refractivity contribution in [2.75, 3.05) is 0 Å². The third-order valence-electron chi connectivity index (χ3n) is 2.71. The lowest BCUT2D eigenvalue weighted by atomic mass is 10.0. The number of nitrogens with zero attached hydrogens (tertiary/aromatic N) is 2. The van der Waals surface area contributed by atoms with Crippen molar-refractivity contribution in [1.29, 1.82) is 5.26 Å². The minimum absolute atomic E-state index is 0.0251. The van der Waals surface area contributed by atoms with Gasteiger partial charge in [0, 0.05) is 17.3 Å². The van der Waals surface area contributed by atoms with E-state index in [1.54, 1.807) is 6.07 Å². The average Bonchev–Trinajstić information content (AvgIpc) is 2.39. The molecule has 0 saturated heterocycles. The lowest BCUT2D eigenvalue weighted by Gasteiger charge is -2.12. The highest BCUT2D eigenvalue weighted by Gasteiger charge is 2.34. The molecule has 20 heavy (non-hydrogen) atoms. The van der Waals surface area contributed by atoms with Crippen LogP contribution in [0.3, 0.4) is 0 Å². The molecule has 0 atom stereocenters. The number of aromatic nitrogens is 1. The van der Waals surface area contributed by atoms with Gasteiger partial charge in [0.15, 0.2) is 0 Å². The van der Waals surface area contributed by atoms with Crippen molar-refractivity contribution in [3.05, 3.63) is 53.6 Å². The van der Waals surface area contributed by atoms with Crippen molar-refractivity contribution >= 4 is 0 Å². The summed E-state index contributed by atoms with van der Waals surface area (Å²) in [5.41, 5.74) is -1.31. The smallest absolute Gasteiger partial charge is 0.259 e. The number of rotatable bonds is 2. The second-order valence-corrected chi connectivity index (χ2v) is 4.03. The molecule has 0 aliphatic rings. The van der Waals surface area contributed by atoms with Gasteiger partial charge in [0.1, 0.15) is 5.82 Å². The van der Waals surface area contributed by atoms with E-state index < -0.39 is 24.0 Å². The fourth-order valence-corrected chi connectivity index (χ4v) is 1.80. The van der Waals surface area contributed by atoms with Crippen LogP contribution in [0.4, 0.5) is 17.6 Å². The zero-order valence-corrected chi connectivity index (χ0v) is 10.1. The summed E-state index contributed by atoms with van der Waals surface area (Å²) >= 11 is 0. The fraction of sp³-hybridized carbons (Fsp3) is 0.143. The molecule has 0 fully saturated rings. The van der Waals surface area contributed by atoms with Gasteiger partial charge in [-0.1, -0.05) is 18.2 Å². The van der Waals surface area contributed by atoms with Crippen LogP contribution >= 0.6 is 0 Å². The first-order chi connectivity index (χ1) is 9.43. The molecule has 2 aromatic rings. The van der Waals surface area contributed by atoms with Crippen LogP contribution in [-0.4, -0.2) is 4.98 Å². The normalized spacial score (nSPS) is 11.2. The van der Waals surface area contributed by atoms with E-state index >= 15 is 0 Å². The summed E-state index contributed by atoms with van der Waals surface area (Å²) in [6.45, 7) is 0. The number of hydrogen-bond donors (Lipinski definition) is 0. The van der Waals surface area contributed by atoms with Crippen molar-refractivity contribution in [3.8, 4) is 17.2 Å². The van der Waals surface area contributed by atoms with Gasteiger partial charge in [-0.05, 0) is 12.1 Å². The Morgan fingerprint density at radius 2 is 1.90 bits per heavy atom. The minimum Gasteiger partial charge on any atom is -0.259 e. The predicted molar refractivity (Wildman–Crippen MR) is 64.0 cm³/mol. The molecule has 0 spiro atoms. The zero-order valence-electron chi connectivity index (χ0n) is 10.1. The highest BCUT2D eigenvalue weighted by molar-refractivity contribution is 5.64. The molecule has 0 amide bonds. The van der Waals surface area contributed by atoms with E-state index in [4.69, 9.17) is 5.26 Å². The third-order valence-corrected chi connectivity index (χ3v) is 2.71. The van der Waals surface area contributed by atoms with Crippen LogP contribution in [-0.2, 0) is 12.6 Å². The van der Waals surface area contributed by atoms with Crippen molar-refractivity contribution in [2.24, 2.45) is 0 Å². The Morgan fingerprint density at radius 3 is 2.50 bits per heavy atom. The molecule has 1 heterocycles. The van der Waals surface area contributed by atoms with Crippen LogP contribution in [0.1, 0.15) is 11.3 Å². The Labute approximate surface area is 112 Å². The number of pyridine rings is 1. The fourth-order valence-electron chi connectivity index (χ4n) is 1.80. The first-order valence-corrected chi connectivity index (χ1v) is 5.61. The molecular weight excluding hydrogens is 272 g/mol. The van der Waals surface area contributed by atoms with Crippen LogP contribution in [0.15, 0.2) is 36.5 Å². The van der Waals surface area contributed by atoms with Crippen LogP contribution in [0, 0.1) is 17.1 Å². The van der Waals surface area contributed by atoms with Gasteiger partial charge in [0.2, 0.25) is 0 Å². The molecule has 0 N–H and O–H groups in total. The number of hydrogen-bond acceptors (Lipinski definition) is 2. The lowest BCUT2D eigenvalue weighted by Crippen LogP contribution is -2.11. The number of alkyl halides is 3. The molecule has 102 valence electrons. The summed E-state index contributed by atoms with van der Waals surface area (Å²) in [5, 5.41) is 8.52. The monoisotopic (exact) mass is 280 g/mol. The summed E-state index contributed by atoms with van der Waals surface area (Å²) in [6.07, 6.45) is -3.95. The van der Waals surface area contributed by atoms with Crippen molar-refractivity contribution in [3.63, 3.8) is 0 Å². The average molecular weight is 280 g/mol. The summed E-state index contributed by atoms with van der Waals surface area (Å²) in [4.78, 5) is 3.64. The number of benzene rings is 1.